The Labute approximate surface area is 157 Å². The molecule has 0 aliphatic rings. The van der Waals surface area contributed by atoms with Crippen LogP contribution in [0.5, 0.6) is 0 Å². The molecule has 0 aliphatic carbocycles. The molecule has 0 unspecified atom stereocenters. The number of aromatic nitrogens is 2. The Hall–Kier alpha value is -3.03. The molecule has 27 heavy (non-hydrogen) atoms. The topological polar surface area (TPSA) is 114 Å². The van der Waals surface area contributed by atoms with Gasteiger partial charge in [-0.25, -0.2) is 4.79 Å². The number of rotatable bonds is 7. The third-order valence-electron chi connectivity index (χ3n) is 3.78. The molecule has 2 rings (SSSR count). The number of nitrogens with two attached hydrogens (primary N) is 1. The molecule has 2 aromatic rings. The van der Waals surface area contributed by atoms with Gasteiger partial charge in [-0.3, -0.25) is 19.1 Å². The Morgan fingerprint density at radius 2 is 2.00 bits per heavy atom. The maximum absolute atomic E-state index is 12.8. The van der Waals surface area contributed by atoms with E-state index in [2.05, 4.69) is 4.98 Å². The summed E-state index contributed by atoms with van der Waals surface area (Å²) < 4.78 is 6.47. The van der Waals surface area contributed by atoms with Crippen LogP contribution in [0.25, 0.3) is 6.08 Å². The fourth-order valence-corrected chi connectivity index (χ4v) is 2.67. The number of aromatic amines is 1. The van der Waals surface area contributed by atoms with Crippen molar-refractivity contribution >= 4 is 23.5 Å². The molecule has 0 aliphatic heterocycles. The number of anilines is 2. The number of amides is 1. The number of furan rings is 1. The summed E-state index contributed by atoms with van der Waals surface area (Å²) in [5.74, 6) is 0.288. The van der Waals surface area contributed by atoms with Gasteiger partial charge < -0.3 is 15.1 Å². The number of nitrogens with one attached hydrogen (secondary N) is 1. The predicted molar refractivity (Wildman–Crippen MR) is 106 cm³/mol. The average molecular weight is 374 g/mol. The fraction of sp³-hybridized carbons (Fsp3) is 0.421. The number of H-pyrrole nitrogens is 1. The van der Waals surface area contributed by atoms with E-state index in [1.807, 2.05) is 27.7 Å². The van der Waals surface area contributed by atoms with Gasteiger partial charge in [0.05, 0.1) is 6.26 Å². The summed E-state index contributed by atoms with van der Waals surface area (Å²) in [7, 11) is 0. The van der Waals surface area contributed by atoms with E-state index >= 15 is 0 Å². The van der Waals surface area contributed by atoms with E-state index in [-0.39, 0.29) is 29.9 Å². The monoisotopic (exact) mass is 374 g/mol. The van der Waals surface area contributed by atoms with Gasteiger partial charge in [-0.15, -0.1) is 0 Å². The zero-order valence-electron chi connectivity index (χ0n) is 16.1. The molecular formula is C19H26N4O4. The molecular weight excluding hydrogens is 348 g/mol. The Kier molecular flexibility index (Phi) is 6.44. The lowest BCUT2D eigenvalue weighted by atomic mass is 10.2. The zero-order chi connectivity index (χ0) is 20.1. The first kappa shape index (κ1) is 20.3. The van der Waals surface area contributed by atoms with Crippen LogP contribution >= 0.6 is 0 Å². The quantitative estimate of drug-likeness (QED) is 0.720. The molecule has 0 saturated heterocycles. The zero-order valence-corrected chi connectivity index (χ0v) is 16.1. The lowest BCUT2D eigenvalue weighted by Gasteiger charge is -2.25. The largest absolute Gasteiger partial charge is 0.465 e. The third kappa shape index (κ3) is 4.99. The van der Waals surface area contributed by atoms with Gasteiger partial charge in [0.25, 0.3) is 11.5 Å². The summed E-state index contributed by atoms with van der Waals surface area (Å²) in [6.45, 7) is 8.31. The van der Waals surface area contributed by atoms with Crippen molar-refractivity contribution in [2.24, 2.45) is 11.8 Å². The average Bonchev–Trinajstić information content (AvgIpc) is 3.08. The van der Waals surface area contributed by atoms with Crippen molar-refractivity contribution in [3.05, 3.63) is 51.1 Å². The molecule has 146 valence electrons. The number of carbonyl (C=O) groups is 1. The fourth-order valence-electron chi connectivity index (χ4n) is 2.67. The van der Waals surface area contributed by atoms with Crippen LogP contribution < -0.4 is 21.9 Å². The van der Waals surface area contributed by atoms with Gasteiger partial charge in [0.2, 0.25) is 0 Å². The third-order valence-corrected chi connectivity index (χ3v) is 3.78. The van der Waals surface area contributed by atoms with Gasteiger partial charge in [-0.2, -0.15) is 0 Å². The van der Waals surface area contributed by atoms with Crippen molar-refractivity contribution in [3.8, 4) is 0 Å². The summed E-state index contributed by atoms with van der Waals surface area (Å²) in [4.78, 5) is 41.0. The number of hydrogen-bond donors (Lipinski definition) is 2. The molecule has 0 aromatic carbocycles. The van der Waals surface area contributed by atoms with Crippen molar-refractivity contribution in [2.75, 3.05) is 17.2 Å². The molecule has 3 N–H and O–H groups in total. The minimum atomic E-state index is -0.682. The van der Waals surface area contributed by atoms with Crippen LogP contribution in [0.4, 0.5) is 11.5 Å². The van der Waals surface area contributed by atoms with Crippen LogP contribution in [-0.4, -0.2) is 22.0 Å². The first-order chi connectivity index (χ1) is 12.7. The van der Waals surface area contributed by atoms with Crippen LogP contribution in [-0.2, 0) is 11.3 Å². The molecule has 0 radical (unpaired) electrons. The van der Waals surface area contributed by atoms with E-state index in [4.69, 9.17) is 10.2 Å². The highest BCUT2D eigenvalue weighted by molar-refractivity contribution is 6.04. The molecule has 8 heteroatoms. The summed E-state index contributed by atoms with van der Waals surface area (Å²) in [5.41, 5.74) is 4.86. The van der Waals surface area contributed by atoms with E-state index in [0.717, 1.165) is 0 Å². The van der Waals surface area contributed by atoms with Crippen molar-refractivity contribution in [3.63, 3.8) is 0 Å². The lowest BCUT2D eigenvalue weighted by Crippen LogP contribution is -2.42. The second-order valence-electron chi connectivity index (χ2n) is 7.19. The molecule has 0 fully saturated rings. The van der Waals surface area contributed by atoms with Gasteiger partial charge >= 0.3 is 5.69 Å². The van der Waals surface area contributed by atoms with E-state index in [0.29, 0.717) is 12.3 Å². The smallest absolute Gasteiger partial charge is 0.330 e. The molecule has 8 nitrogen and oxygen atoms in total. The molecule has 2 heterocycles. The second kappa shape index (κ2) is 8.57. The first-order valence-electron chi connectivity index (χ1n) is 8.86. The second-order valence-corrected chi connectivity index (χ2v) is 7.19. The molecule has 0 spiro atoms. The minimum Gasteiger partial charge on any atom is -0.465 e. The van der Waals surface area contributed by atoms with Crippen LogP contribution in [0.2, 0.25) is 0 Å². The highest BCUT2D eigenvalue weighted by Crippen LogP contribution is 2.20. The first-order valence-corrected chi connectivity index (χ1v) is 8.86. The Morgan fingerprint density at radius 3 is 2.56 bits per heavy atom. The number of nitrogen functional groups attached to an aromatic ring is 1. The Bertz CT molecular complexity index is 920. The maximum atomic E-state index is 12.8. The Balaban J connectivity index is 2.51. The van der Waals surface area contributed by atoms with E-state index in [1.165, 1.54) is 27.9 Å². The Morgan fingerprint density at radius 1 is 1.30 bits per heavy atom. The molecule has 1 amide bonds. The van der Waals surface area contributed by atoms with Crippen molar-refractivity contribution in [1.82, 2.24) is 9.55 Å². The highest BCUT2D eigenvalue weighted by atomic mass is 16.3. The SMILES string of the molecule is CC(C)CN(C(=O)/C=C/c1ccco1)c1c(N)n(CC(C)C)c(=O)[nH]c1=O. The summed E-state index contributed by atoms with van der Waals surface area (Å²) >= 11 is 0. The summed E-state index contributed by atoms with van der Waals surface area (Å²) in [5, 5.41) is 0. The van der Waals surface area contributed by atoms with E-state index < -0.39 is 17.2 Å². The van der Waals surface area contributed by atoms with Crippen molar-refractivity contribution in [1.29, 1.82) is 0 Å². The summed E-state index contributed by atoms with van der Waals surface area (Å²) in [6, 6.07) is 3.42. The van der Waals surface area contributed by atoms with Gasteiger partial charge in [-0.1, -0.05) is 27.7 Å². The standard InChI is InChI=1S/C19H26N4O4/c1-12(2)10-22(15(24)8-7-14-6-5-9-27-14)16-17(20)23(11-13(3)4)19(26)21-18(16)25/h5-9,12-13H,10-11,20H2,1-4H3,(H,21,25,26)/b8-7+. The molecule has 0 bridgehead atoms. The van der Waals surface area contributed by atoms with Crippen LogP contribution in [0.15, 0.2) is 38.5 Å². The number of carbonyl (C=O) groups excluding carboxylic acids is 1. The van der Waals surface area contributed by atoms with Gasteiger partial charge in [-0.05, 0) is 30.0 Å². The van der Waals surface area contributed by atoms with Gasteiger partial charge in [0.1, 0.15) is 11.6 Å². The van der Waals surface area contributed by atoms with E-state index in [9.17, 15) is 14.4 Å². The lowest BCUT2D eigenvalue weighted by molar-refractivity contribution is -0.114. The van der Waals surface area contributed by atoms with Crippen molar-refractivity contribution < 1.29 is 9.21 Å². The minimum absolute atomic E-state index is 0.0157. The van der Waals surface area contributed by atoms with Crippen LogP contribution in [0.3, 0.4) is 0 Å². The molecule has 0 atom stereocenters. The van der Waals surface area contributed by atoms with Gasteiger partial charge in [0, 0.05) is 19.2 Å². The number of nitrogens with zero attached hydrogens (tertiary/aromatic N) is 2. The normalized spacial score (nSPS) is 11.6. The molecule has 2 aromatic heterocycles. The summed E-state index contributed by atoms with van der Waals surface area (Å²) in [6.07, 6.45) is 4.34. The van der Waals surface area contributed by atoms with Crippen molar-refractivity contribution in [2.45, 2.75) is 34.2 Å². The molecule has 0 saturated carbocycles. The predicted octanol–water partition coefficient (Wildman–Crippen LogP) is 2.07. The maximum Gasteiger partial charge on any atom is 0.330 e. The number of hydrogen-bond acceptors (Lipinski definition) is 5. The highest BCUT2D eigenvalue weighted by Gasteiger charge is 2.24. The van der Waals surface area contributed by atoms with Crippen LogP contribution in [0.1, 0.15) is 33.5 Å². The van der Waals surface area contributed by atoms with E-state index in [1.54, 1.807) is 12.1 Å². The van der Waals surface area contributed by atoms with Gasteiger partial charge in [0.15, 0.2) is 5.69 Å². The van der Waals surface area contributed by atoms with Crippen LogP contribution in [0, 0.1) is 11.8 Å².